The fraction of sp³-hybridized carbons (Fsp3) is 0.250. The summed E-state index contributed by atoms with van der Waals surface area (Å²) in [5.74, 6) is 1.58. The van der Waals surface area contributed by atoms with Crippen LogP contribution in [0, 0.1) is 6.92 Å². The summed E-state index contributed by atoms with van der Waals surface area (Å²) in [4.78, 5) is 15.6. The molecule has 0 aliphatic heterocycles. The monoisotopic (exact) mass is 333 g/mol. The first-order valence-electron chi connectivity index (χ1n) is 8.52. The molecule has 0 bridgehead atoms. The van der Waals surface area contributed by atoms with E-state index in [1.165, 1.54) is 5.56 Å². The Morgan fingerprint density at radius 1 is 1.00 bits per heavy atom. The zero-order valence-electron chi connectivity index (χ0n) is 14.7. The summed E-state index contributed by atoms with van der Waals surface area (Å²) in [5.41, 5.74) is 3.32. The second-order valence-electron chi connectivity index (χ2n) is 5.91. The molecule has 5 heteroatoms. The molecule has 3 aromatic rings. The number of aryl methyl sites for hydroxylation is 1. The van der Waals surface area contributed by atoms with Crippen molar-refractivity contribution in [1.29, 1.82) is 0 Å². The molecule has 0 spiro atoms. The molecule has 0 fully saturated rings. The average molecular weight is 333 g/mol. The van der Waals surface area contributed by atoms with Crippen LogP contribution in [0.25, 0.3) is 0 Å². The van der Waals surface area contributed by atoms with E-state index in [-0.39, 0.29) is 0 Å². The van der Waals surface area contributed by atoms with Crippen LogP contribution >= 0.6 is 0 Å². The van der Waals surface area contributed by atoms with Gasteiger partial charge in [0.1, 0.15) is 5.82 Å². The van der Waals surface area contributed by atoms with Crippen LogP contribution in [0.15, 0.2) is 60.9 Å². The Balaban J connectivity index is 1.75. The van der Waals surface area contributed by atoms with Gasteiger partial charge in [0.05, 0.1) is 0 Å². The van der Waals surface area contributed by atoms with Crippen LogP contribution in [-0.4, -0.2) is 21.5 Å². The van der Waals surface area contributed by atoms with Gasteiger partial charge in [0.25, 0.3) is 0 Å². The van der Waals surface area contributed by atoms with Gasteiger partial charge in [-0.1, -0.05) is 36.4 Å². The van der Waals surface area contributed by atoms with Gasteiger partial charge in [-0.3, -0.25) is 4.98 Å². The van der Waals surface area contributed by atoms with Crippen LogP contribution in [-0.2, 0) is 13.1 Å². The first kappa shape index (κ1) is 16.9. The minimum absolute atomic E-state index is 0.644. The number of hydrogen-bond donors (Lipinski definition) is 1. The highest BCUT2D eigenvalue weighted by molar-refractivity contribution is 5.45. The van der Waals surface area contributed by atoms with Gasteiger partial charge in [-0.05, 0) is 31.0 Å². The van der Waals surface area contributed by atoms with Crippen molar-refractivity contribution in [3.05, 3.63) is 77.7 Å². The Morgan fingerprint density at radius 3 is 2.52 bits per heavy atom. The van der Waals surface area contributed by atoms with E-state index in [1.54, 1.807) is 6.20 Å². The number of benzene rings is 1. The largest absolute Gasteiger partial charge is 0.352 e. The van der Waals surface area contributed by atoms with Gasteiger partial charge in [0, 0.05) is 43.8 Å². The maximum absolute atomic E-state index is 4.70. The number of hydrogen-bond acceptors (Lipinski definition) is 5. The number of rotatable bonds is 7. The Hall–Kier alpha value is -2.95. The highest BCUT2D eigenvalue weighted by atomic mass is 15.2. The second kappa shape index (κ2) is 8.24. The first-order valence-corrected chi connectivity index (χ1v) is 8.52. The molecule has 5 nitrogen and oxygen atoms in total. The van der Waals surface area contributed by atoms with Gasteiger partial charge in [0.15, 0.2) is 0 Å². The van der Waals surface area contributed by atoms with Gasteiger partial charge >= 0.3 is 0 Å². The molecule has 0 atom stereocenters. The third-order valence-corrected chi connectivity index (χ3v) is 3.94. The number of aromatic nitrogens is 3. The van der Waals surface area contributed by atoms with Crippen molar-refractivity contribution in [3.63, 3.8) is 0 Å². The zero-order valence-corrected chi connectivity index (χ0v) is 14.7. The number of pyridine rings is 1. The lowest BCUT2D eigenvalue weighted by Gasteiger charge is -2.23. The molecule has 0 aliphatic carbocycles. The van der Waals surface area contributed by atoms with Gasteiger partial charge in [0.2, 0.25) is 5.95 Å². The topological polar surface area (TPSA) is 53.9 Å². The van der Waals surface area contributed by atoms with Gasteiger partial charge in [-0.25, -0.2) is 4.98 Å². The molecule has 2 heterocycles. The maximum atomic E-state index is 4.70. The van der Waals surface area contributed by atoms with Crippen molar-refractivity contribution < 1.29 is 0 Å². The average Bonchev–Trinajstić information content (AvgIpc) is 2.66. The van der Waals surface area contributed by atoms with E-state index in [4.69, 9.17) is 4.98 Å². The number of anilines is 2. The minimum Gasteiger partial charge on any atom is -0.352 e. The molecular weight excluding hydrogens is 310 g/mol. The zero-order chi connectivity index (χ0) is 17.5. The SMILES string of the molecule is CCN(Cc1ccccc1)c1cc(C)nc(NCc2cccnc2)n1. The van der Waals surface area contributed by atoms with E-state index in [0.29, 0.717) is 12.5 Å². The first-order chi connectivity index (χ1) is 12.2. The van der Waals surface area contributed by atoms with Crippen LogP contribution < -0.4 is 10.2 Å². The smallest absolute Gasteiger partial charge is 0.225 e. The van der Waals surface area contributed by atoms with E-state index in [0.717, 1.165) is 30.2 Å². The summed E-state index contributed by atoms with van der Waals surface area (Å²) < 4.78 is 0. The lowest BCUT2D eigenvalue weighted by Crippen LogP contribution is -2.23. The van der Waals surface area contributed by atoms with Crippen molar-refractivity contribution in [2.75, 3.05) is 16.8 Å². The second-order valence-corrected chi connectivity index (χ2v) is 5.91. The molecule has 0 radical (unpaired) electrons. The lowest BCUT2D eigenvalue weighted by molar-refractivity contribution is 0.807. The summed E-state index contributed by atoms with van der Waals surface area (Å²) in [6, 6.07) is 16.4. The summed E-state index contributed by atoms with van der Waals surface area (Å²) in [6.07, 6.45) is 3.62. The molecule has 0 aliphatic rings. The molecule has 0 amide bonds. The highest BCUT2D eigenvalue weighted by Gasteiger charge is 2.10. The molecule has 2 aromatic heterocycles. The third-order valence-electron chi connectivity index (χ3n) is 3.94. The quantitative estimate of drug-likeness (QED) is 0.712. The normalized spacial score (nSPS) is 10.5. The fourth-order valence-corrected chi connectivity index (χ4v) is 2.64. The van der Waals surface area contributed by atoms with Crippen molar-refractivity contribution in [1.82, 2.24) is 15.0 Å². The molecule has 25 heavy (non-hydrogen) atoms. The molecule has 1 N–H and O–H groups in total. The van der Waals surface area contributed by atoms with Crippen LogP contribution in [0.4, 0.5) is 11.8 Å². The van der Waals surface area contributed by atoms with Crippen molar-refractivity contribution in [2.45, 2.75) is 26.9 Å². The summed E-state index contributed by atoms with van der Waals surface area (Å²) in [6.45, 7) is 6.50. The molecule has 1 aromatic carbocycles. The van der Waals surface area contributed by atoms with Crippen LogP contribution in [0.1, 0.15) is 23.7 Å². The van der Waals surface area contributed by atoms with E-state index in [2.05, 4.69) is 51.4 Å². The molecule has 0 unspecified atom stereocenters. The summed E-state index contributed by atoms with van der Waals surface area (Å²) in [7, 11) is 0. The van der Waals surface area contributed by atoms with Crippen molar-refractivity contribution in [2.24, 2.45) is 0 Å². The number of nitrogens with one attached hydrogen (secondary N) is 1. The van der Waals surface area contributed by atoms with Gasteiger partial charge < -0.3 is 10.2 Å². The van der Waals surface area contributed by atoms with E-state index in [9.17, 15) is 0 Å². The van der Waals surface area contributed by atoms with Crippen LogP contribution in [0.2, 0.25) is 0 Å². The minimum atomic E-state index is 0.644. The van der Waals surface area contributed by atoms with Crippen molar-refractivity contribution in [3.8, 4) is 0 Å². The molecular formula is C20H23N5. The Kier molecular flexibility index (Phi) is 5.57. The van der Waals surface area contributed by atoms with Gasteiger partial charge in [-0.15, -0.1) is 0 Å². The van der Waals surface area contributed by atoms with Crippen molar-refractivity contribution >= 4 is 11.8 Å². The third kappa shape index (κ3) is 4.76. The predicted octanol–water partition coefficient (Wildman–Crippen LogP) is 3.82. The summed E-state index contributed by atoms with van der Waals surface area (Å²) in [5, 5.41) is 3.30. The fourth-order valence-electron chi connectivity index (χ4n) is 2.64. The standard InChI is InChI=1S/C20H23N5/c1-3-25(15-17-8-5-4-6-9-17)19-12-16(2)23-20(24-19)22-14-18-10-7-11-21-13-18/h4-13H,3,14-15H2,1-2H3,(H,22,23,24). The number of nitrogens with zero attached hydrogens (tertiary/aromatic N) is 4. The molecule has 128 valence electrons. The van der Waals surface area contributed by atoms with E-state index >= 15 is 0 Å². The molecule has 3 rings (SSSR count). The van der Waals surface area contributed by atoms with E-state index < -0.39 is 0 Å². The molecule has 0 saturated carbocycles. The van der Waals surface area contributed by atoms with Crippen LogP contribution in [0.3, 0.4) is 0 Å². The van der Waals surface area contributed by atoms with Gasteiger partial charge in [-0.2, -0.15) is 4.98 Å². The predicted molar refractivity (Wildman–Crippen MR) is 101 cm³/mol. The lowest BCUT2D eigenvalue weighted by atomic mass is 10.2. The van der Waals surface area contributed by atoms with Crippen LogP contribution in [0.5, 0.6) is 0 Å². The maximum Gasteiger partial charge on any atom is 0.225 e. The Labute approximate surface area is 148 Å². The Bertz CT molecular complexity index is 790. The summed E-state index contributed by atoms with van der Waals surface area (Å²) >= 11 is 0. The molecule has 0 saturated heterocycles. The highest BCUT2D eigenvalue weighted by Crippen LogP contribution is 2.18. The Morgan fingerprint density at radius 2 is 1.80 bits per heavy atom. The van der Waals surface area contributed by atoms with E-state index in [1.807, 2.05) is 37.4 Å².